The average molecular weight is 300 g/mol. The Morgan fingerprint density at radius 1 is 1.30 bits per heavy atom. The van der Waals surface area contributed by atoms with E-state index in [0.29, 0.717) is 0 Å². The van der Waals surface area contributed by atoms with Gasteiger partial charge in [-0.25, -0.2) is 13.6 Å². The molecular formula is C12H20N4O3S. The van der Waals surface area contributed by atoms with E-state index < -0.39 is 10.0 Å². The van der Waals surface area contributed by atoms with Crippen LogP contribution in [0, 0.1) is 0 Å². The van der Waals surface area contributed by atoms with Gasteiger partial charge in [-0.05, 0) is 18.2 Å². The summed E-state index contributed by atoms with van der Waals surface area (Å²) < 4.78 is 27.8. The van der Waals surface area contributed by atoms with E-state index in [1.807, 2.05) is 0 Å². The third kappa shape index (κ3) is 4.07. The number of sulfonamides is 1. The largest absolute Gasteiger partial charge is 0.398 e. The van der Waals surface area contributed by atoms with Gasteiger partial charge < -0.3 is 15.8 Å². The van der Waals surface area contributed by atoms with Gasteiger partial charge in [-0.15, -0.1) is 0 Å². The summed E-state index contributed by atoms with van der Waals surface area (Å²) in [5.74, 6) is 0. The second-order valence-electron chi connectivity index (χ2n) is 4.68. The number of ether oxygens (including phenoxy) is 1. The fraction of sp³-hybridized carbons (Fsp3) is 0.500. The molecule has 0 aromatic heterocycles. The van der Waals surface area contributed by atoms with Gasteiger partial charge in [0.05, 0.1) is 18.9 Å². The van der Waals surface area contributed by atoms with Crippen molar-refractivity contribution in [2.75, 3.05) is 50.4 Å². The van der Waals surface area contributed by atoms with E-state index in [-0.39, 0.29) is 10.6 Å². The van der Waals surface area contributed by atoms with Gasteiger partial charge >= 0.3 is 0 Å². The van der Waals surface area contributed by atoms with Crippen LogP contribution >= 0.6 is 0 Å². The van der Waals surface area contributed by atoms with Crippen LogP contribution in [0.2, 0.25) is 0 Å². The van der Waals surface area contributed by atoms with Gasteiger partial charge in [-0.1, -0.05) is 0 Å². The second kappa shape index (κ2) is 6.40. The summed E-state index contributed by atoms with van der Waals surface area (Å²) in [7, 11) is -3.76. The molecule has 8 heteroatoms. The summed E-state index contributed by atoms with van der Waals surface area (Å²) in [6.45, 7) is 5.09. The Morgan fingerprint density at radius 3 is 2.60 bits per heavy atom. The molecule has 0 saturated carbocycles. The number of morpholine rings is 1. The molecule has 0 radical (unpaired) electrons. The molecule has 1 fully saturated rings. The standard InChI is InChI=1S/C12H20N4O3S/c13-11-9-10(1-2-12(11)20(14,17)18)15-3-4-16-5-7-19-8-6-16/h1-2,9,15H,3-8,13H2,(H2,14,17,18). The number of nitrogens with one attached hydrogen (secondary N) is 1. The van der Waals surface area contributed by atoms with Gasteiger partial charge in [0.2, 0.25) is 10.0 Å². The van der Waals surface area contributed by atoms with Crippen LogP contribution in [0.25, 0.3) is 0 Å². The summed E-state index contributed by atoms with van der Waals surface area (Å²) in [6.07, 6.45) is 0. The number of nitrogens with zero attached hydrogens (tertiary/aromatic N) is 1. The highest BCUT2D eigenvalue weighted by Crippen LogP contribution is 2.21. The Kier molecular flexibility index (Phi) is 4.81. The lowest BCUT2D eigenvalue weighted by atomic mass is 10.3. The van der Waals surface area contributed by atoms with Crippen LogP contribution in [-0.4, -0.2) is 52.7 Å². The number of nitrogens with two attached hydrogens (primary N) is 2. The number of rotatable bonds is 5. The van der Waals surface area contributed by atoms with Gasteiger partial charge in [0.25, 0.3) is 0 Å². The highest BCUT2D eigenvalue weighted by molar-refractivity contribution is 7.89. The molecule has 7 nitrogen and oxygen atoms in total. The Labute approximate surface area is 118 Å². The molecule has 1 aromatic carbocycles. The van der Waals surface area contributed by atoms with E-state index >= 15 is 0 Å². The zero-order valence-corrected chi connectivity index (χ0v) is 12.0. The van der Waals surface area contributed by atoms with Crippen LogP contribution in [0.1, 0.15) is 0 Å². The molecule has 0 amide bonds. The summed E-state index contributed by atoms with van der Waals surface area (Å²) in [6, 6.07) is 4.66. The van der Waals surface area contributed by atoms with Crippen molar-refractivity contribution in [1.29, 1.82) is 0 Å². The zero-order chi connectivity index (χ0) is 14.6. The van der Waals surface area contributed by atoms with Crippen LogP contribution in [0.15, 0.2) is 23.1 Å². The van der Waals surface area contributed by atoms with Crippen molar-refractivity contribution in [3.8, 4) is 0 Å². The minimum atomic E-state index is -3.76. The van der Waals surface area contributed by atoms with E-state index in [1.165, 1.54) is 6.07 Å². The van der Waals surface area contributed by atoms with Gasteiger partial charge in [0.1, 0.15) is 4.90 Å². The van der Waals surface area contributed by atoms with Crippen molar-refractivity contribution in [3.63, 3.8) is 0 Å². The molecule has 0 spiro atoms. The van der Waals surface area contributed by atoms with E-state index in [1.54, 1.807) is 12.1 Å². The average Bonchev–Trinajstić information content (AvgIpc) is 2.38. The molecule has 1 saturated heterocycles. The SMILES string of the molecule is Nc1cc(NCCN2CCOCC2)ccc1S(N)(=O)=O. The number of nitrogen functional groups attached to an aromatic ring is 1. The van der Waals surface area contributed by atoms with Crippen LogP contribution in [0.5, 0.6) is 0 Å². The van der Waals surface area contributed by atoms with E-state index in [2.05, 4.69) is 10.2 Å². The molecule has 0 atom stereocenters. The van der Waals surface area contributed by atoms with Gasteiger partial charge in [0, 0.05) is 31.9 Å². The Morgan fingerprint density at radius 2 is 2.00 bits per heavy atom. The first-order valence-corrected chi connectivity index (χ1v) is 7.98. The van der Waals surface area contributed by atoms with E-state index in [9.17, 15) is 8.42 Å². The molecule has 20 heavy (non-hydrogen) atoms. The monoisotopic (exact) mass is 300 g/mol. The highest BCUT2D eigenvalue weighted by atomic mass is 32.2. The summed E-state index contributed by atoms with van der Waals surface area (Å²) in [4.78, 5) is 2.26. The lowest BCUT2D eigenvalue weighted by Crippen LogP contribution is -2.39. The van der Waals surface area contributed by atoms with Crippen molar-refractivity contribution in [1.82, 2.24) is 4.90 Å². The number of anilines is 2. The predicted octanol–water partition coefficient (Wildman–Crippen LogP) is -0.340. The van der Waals surface area contributed by atoms with Crippen molar-refractivity contribution < 1.29 is 13.2 Å². The van der Waals surface area contributed by atoms with E-state index in [0.717, 1.165) is 45.1 Å². The third-order valence-electron chi connectivity index (χ3n) is 3.18. The Hall–Kier alpha value is -1.35. The summed E-state index contributed by atoms with van der Waals surface area (Å²) in [5.41, 5.74) is 6.63. The summed E-state index contributed by atoms with van der Waals surface area (Å²) in [5, 5.41) is 8.27. The topological polar surface area (TPSA) is 111 Å². The highest BCUT2D eigenvalue weighted by Gasteiger charge is 2.12. The predicted molar refractivity (Wildman–Crippen MR) is 78.0 cm³/mol. The second-order valence-corrected chi connectivity index (χ2v) is 6.21. The molecule has 0 aliphatic carbocycles. The molecule has 1 aromatic rings. The fourth-order valence-corrected chi connectivity index (χ4v) is 2.75. The van der Waals surface area contributed by atoms with Crippen LogP contribution in [-0.2, 0) is 14.8 Å². The van der Waals surface area contributed by atoms with Gasteiger partial charge in [-0.3, -0.25) is 4.90 Å². The first kappa shape index (κ1) is 15.0. The minimum absolute atomic E-state index is 0.0452. The lowest BCUT2D eigenvalue weighted by Gasteiger charge is -2.26. The molecule has 0 bridgehead atoms. The Bertz CT molecular complexity index is 556. The first-order valence-electron chi connectivity index (χ1n) is 6.43. The first-order chi connectivity index (χ1) is 9.47. The molecule has 1 aliphatic rings. The molecule has 1 heterocycles. The van der Waals surface area contributed by atoms with Crippen molar-refractivity contribution >= 4 is 21.4 Å². The van der Waals surface area contributed by atoms with Crippen LogP contribution < -0.4 is 16.2 Å². The van der Waals surface area contributed by atoms with Gasteiger partial charge in [0.15, 0.2) is 0 Å². The summed E-state index contributed by atoms with van der Waals surface area (Å²) >= 11 is 0. The number of primary sulfonamides is 1. The van der Waals surface area contributed by atoms with Crippen molar-refractivity contribution in [2.45, 2.75) is 4.90 Å². The maximum absolute atomic E-state index is 11.2. The number of hydrogen-bond acceptors (Lipinski definition) is 6. The van der Waals surface area contributed by atoms with Gasteiger partial charge in [-0.2, -0.15) is 0 Å². The van der Waals surface area contributed by atoms with Crippen LogP contribution in [0.3, 0.4) is 0 Å². The maximum atomic E-state index is 11.2. The minimum Gasteiger partial charge on any atom is -0.398 e. The van der Waals surface area contributed by atoms with E-state index in [4.69, 9.17) is 15.6 Å². The number of benzene rings is 1. The normalized spacial score (nSPS) is 17.1. The maximum Gasteiger partial charge on any atom is 0.240 e. The smallest absolute Gasteiger partial charge is 0.240 e. The molecular weight excluding hydrogens is 280 g/mol. The Balaban J connectivity index is 1.89. The molecule has 1 aliphatic heterocycles. The quantitative estimate of drug-likeness (QED) is 0.642. The van der Waals surface area contributed by atoms with Crippen LogP contribution in [0.4, 0.5) is 11.4 Å². The van der Waals surface area contributed by atoms with Crippen molar-refractivity contribution in [2.24, 2.45) is 5.14 Å². The zero-order valence-electron chi connectivity index (χ0n) is 11.2. The fourth-order valence-electron chi connectivity index (χ4n) is 2.10. The third-order valence-corrected chi connectivity index (χ3v) is 4.16. The van der Waals surface area contributed by atoms with Crippen molar-refractivity contribution in [3.05, 3.63) is 18.2 Å². The molecule has 112 valence electrons. The molecule has 2 rings (SSSR count). The number of hydrogen-bond donors (Lipinski definition) is 3. The lowest BCUT2D eigenvalue weighted by molar-refractivity contribution is 0.0398. The molecule has 0 unspecified atom stereocenters. The molecule has 5 N–H and O–H groups in total.